The van der Waals surface area contributed by atoms with Gasteiger partial charge in [0.25, 0.3) is 0 Å². The lowest BCUT2D eigenvalue weighted by Crippen LogP contribution is -2.03. The molecule has 0 bridgehead atoms. The Labute approximate surface area is 357 Å². The average molecular weight is 793 g/mol. The standard InChI is InChI=1S/C56H36N6/c1-3-17-37(18-4-1)44-23-11-13-29-50(44)61-53(59-48-27-15-31-57-55(48)61)42-34-41(52-46-25-9-7-21-39(46)33-40-22-8-10-26-47(40)52)35-43(36-42)54-60-49-28-16-32-58-56(49)62(54)51-30-14-12-24-45(51)38-19-5-2-6-20-38/h1-36H. The fourth-order valence-electron chi connectivity index (χ4n) is 9.08. The third kappa shape index (κ3) is 5.88. The second-order valence-electron chi connectivity index (χ2n) is 15.5. The molecule has 290 valence electrons. The number of rotatable bonds is 7. The molecule has 8 aromatic carbocycles. The molecular weight excluding hydrogens is 757 g/mol. The van der Waals surface area contributed by atoms with Crippen molar-refractivity contribution in [3.8, 4) is 67.5 Å². The summed E-state index contributed by atoms with van der Waals surface area (Å²) in [6.07, 6.45) is 3.69. The third-order valence-corrected chi connectivity index (χ3v) is 11.8. The summed E-state index contributed by atoms with van der Waals surface area (Å²) in [5.41, 5.74) is 13.6. The van der Waals surface area contributed by atoms with Gasteiger partial charge in [-0.15, -0.1) is 0 Å². The molecule has 0 aliphatic rings. The van der Waals surface area contributed by atoms with Crippen LogP contribution in [0.2, 0.25) is 0 Å². The van der Waals surface area contributed by atoms with Gasteiger partial charge >= 0.3 is 0 Å². The van der Waals surface area contributed by atoms with E-state index >= 15 is 0 Å². The van der Waals surface area contributed by atoms with E-state index in [1.807, 2.05) is 36.7 Å². The van der Waals surface area contributed by atoms with E-state index in [0.717, 1.165) is 89.9 Å². The predicted octanol–water partition coefficient (Wildman–Crippen LogP) is 13.8. The van der Waals surface area contributed by atoms with Gasteiger partial charge in [-0.25, -0.2) is 19.9 Å². The summed E-state index contributed by atoms with van der Waals surface area (Å²) in [5, 5.41) is 4.69. The lowest BCUT2D eigenvalue weighted by atomic mass is 9.90. The summed E-state index contributed by atoms with van der Waals surface area (Å²) in [7, 11) is 0. The number of aromatic nitrogens is 6. The Hall–Kier alpha value is -8.48. The maximum Gasteiger partial charge on any atom is 0.164 e. The van der Waals surface area contributed by atoms with Crippen LogP contribution in [0.1, 0.15) is 0 Å². The smallest absolute Gasteiger partial charge is 0.164 e. The molecule has 0 saturated heterocycles. The monoisotopic (exact) mass is 792 g/mol. The Morgan fingerprint density at radius 1 is 0.323 bits per heavy atom. The van der Waals surface area contributed by atoms with Gasteiger partial charge in [0.15, 0.2) is 11.3 Å². The Kier molecular flexibility index (Phi) is 8.38. The highest BCUT2D eigenvalue weighted by atomic mass is 15.1. The Morgan fingerprint density at radius 2 is 0.742 bits per heavy atom. The fraction of sp³-hybridized carbons (Fsp3) is 0. The van der Waals surface area contributed by atoms with Gasteiger partial charge in [0, 0.05) is 34.6 Å². The van der Waals surface area contributed by atoms with Crippen LogP contribution < -0.4 is 0 Å². The molecule has 12 aromatic rings. The first-order chi connectivity index (χ1) is 30.8. The molecule has 0 atom stereocenters. The van der Waals surface area contributed by atoms with E-state index in [-0.39, 0.29) is 0 Å². The third-order valence-electron chi connectivity index (χ3n) is 11.8. The molecule has 0 amide bonds. The zero-order valence-electron chi connectivity index (χ0n) is 33.5. The molecule has 0 unspecified atom stereocenters. The van der Waals surface area contributed by atoms with Gasteiger partial charge in [-0.05, 0) is 104 Å². The molecule has 4 heterocycles. The number of imidazole rings is 2. The van der Waals surface area contributed by atoms with E-state index in [9.17, 15) is 0 Å². The van der Waals surface area contributed by atoms with Gasteiger partial charge < -0.3 is 0 Å². The average Bonchev–Trinajstić information content (AvgIpc) is 3.93. The number of benzene rings is 8. The van der Waals surface area contributed by atoms with Crippen LogP contribution in [-0.4, -0.2) is 29.1 Å². The van der Waals surface area contributed by atoms with Crippen LogP contribution in [0, 0.1) is 0 Å². The number of pyridine rings is 2. The second-order valence-corrected chi connectivity index (χ2v) is 15.5. The Balaban J connectivity index is 1.20. The van der Waals surface area contributed by atoms with Crippen molar-refractivity contribution in [1.29, 1.82) is 0 Å². The first kappa shape index (κ1) is 35.5. The number of fused-ring (bicyclic) bond motifs is 4. The van der Waals surface area contributed by atoms with Gasteiger partial charge in [0.1, 0.15) is 22.7 Å². The van der Waals surface area contributed by atoms with E-state index in [2.05, 4.69) is 191 Å². The maximum absolute atomic E-state index is 5.43. The van der Waals surface area contributed by atoms with Gasteiger partial charge in [-0.1, -0.05) is 146 Å². The number of nitrogens with zero attached hydrogens (tertiary/aromatic N) is 6. The molecule has 0 saturated carbocycles. The number of hydrogen-bond acceptors (Lipinski definition) is 4. The van der Waals surface area contributed by atoms with Crippen LogP contribution in [0.3, 0.4) is 0 Å². The highest BCUT2D eigenvalue weighted by Gasteiger charge is 2.24. The minimum Gasteiger partial charge on any atom is -0.276 e. The second kappa shape index (κ2) is 14.7. The van der Waals surface area contributed by atoms with Crippen molar-refractivity contribution < 1.29 is 0 Å². The van der Waals surface area contributed by atoms with Gasteiger partial charge in [-0.2, -0.15) is 0 Å². The minimum atomic E-state index is 0.778. The molecular formula is C56H36N6. The first-order valence-corrected chi connectivity index (χ1v) is 20.8. The first-order valence-electron chi connectivity index (χ1n) is 20.8. The minimum absolute atomic E-state index is 0.778. The number of hydrogen-bond donors (Lipinski definition) is 0. The van der Waals surface area contributed by atoms with Crippen LogP contribution in [0.5, 0.6) is 0 Å². The van der Waals surface area contributed by atoms with Crippen molar-refractivity contribution in [2.45, 2.75) is 0 Å². The van der Waals surface area contributed by atoms with Crippen LogP contribution in [0.25, 0.3) is 111 Å². The lowest BCUT2D eigenvalue weighted by Gasteiger charge is -2.18. The topological polar surface area (TPSA) is 61.4 Å². The molecule has 0 fully saturated rings. The van der Waals surface area contributed by atoms with Crippen LogP contribution in [0.15, 0.2) is 219 Å². The van der Waals surface area contributed by atoms with Crippen LogP contribution in [0.4, 0.5) is 0 Å². The molecule has 0 radical (unpaired) electrons. The fourth-order valence-corrected chi connectivity index (χ4v) is 9.08. The Bertz CT molecular complexity index is 3410. The summed E-state index contributed by atoms with van der Waals surface area (Å²) in [6.45, 7) is 0. The van der Waals surface area contributed by atoms with E-state index < -0.39 is 0 Å². The highest BCUT2D eigenvalue weighted by Crippen LogP contribution is 2.43. The molecule has 0 N–H and O–H groups in total. The summed E-state index contributed by atoms with van der Waals surface area (Å²) >= 11 is 0. The van der Waals surface area contributed by atoms with Gasteiger partial charge in [0.05, 0.1) is 11.4 Å². The molecule has 62 heavy (non-hydrogen) atoms. The normalized spacial score (nSPS) is 11.5. The quantitative estimate of drug-likeness (QED) is 0.151. The van der Waals surface area contributed by atoms with Gasteiger partial charge in [0.2, 0.25) is 0 Å². The zero-order valence-corrected chi connectivity index (χ0v) is 33.5. The molecule has 12 rings (SSSR count). The van der Waals surface area contributed by atoms with Crippen molar-refractivity contribution >= 4 is 43.9 Å². The van der Waals surface area contributed by atoms with Crippen molar-refractivity contribution in [2.24, 2.45) is 0 Å². The summed E-state index contributed by atoms with van der Waals surface area (Å²) in [5.74, 6) is 1.56. The lowest BCUT2D eigenvalue weighted by molar-refractivity contribution is 1.07. The van der Waals surface area contributed by atoms with E-state index in [1.165, 1.54) is 21.5 Å². The molecule has 0 aliphatic carbocycles. The van der Waals surface area contributed by atoms with E-state index in [1.54, 1.807) is 0 Å². The van der Waals surface area contributed by atoms with Crippen molar-refractivity contribution in [2.75, 3.05) is 0 Å². The Morgan fingerprint density at radius 3 is 1.24 bits per heavy atom. The summed E-state index contributed by atoms with van der Waals surface area (Å²) < 4.78 is 4.44. The SMILES string of the molecule is c1ccc(-c2ccccc2-n2c(-c3cc(-c4c5ccccc5cc5ccccc45)cc(-c4nc5cccnc5n4-c4ccccc4-c4ccccc4)c3)nc3cccnc32)cc1. The van der Waals surface area contributed by atoms with Gasteiger partial charge in [-0.3, -0.25) is 9.13 Å². The highest BCUT2D eigenvalue weighted by molar-refractivity contribution is 6.13. The zero-order chi connectivity index (χ0) is 41.0. The number of para-hydroxylation sites is 2. The van der Waals surface area contributed by atoms with E-state index in [0.29, 0.717) is 0 Å². The van der Waals surface area contributed by atoms with Crippen LogP contribution >= 0.6 is 0 Å². The molecule has 6 heteroatoms. The predicted molar refractivity (Wildman–Crippen MR) is 253 cm³/mol. The van der Waals surface area contributed by atoms with Crippen molar-refractivity contribution in [3.63, 3.8) is 0 Å². The molecule has 4 aromatic heterocycles. The molecule has 0 spiro atoms. The maximum atomic E-state index is 5.43. The largest absolute Gasteiger partial charge is 0.276 e. The summed E-state index contributed by atoms with van der Waals surface area (Å²) in [6, 6.07) is 72.5. The van der Waals surface area contributed by atoms with Crippen molar-refractivity contribution in [3.05, 3.63) is 219 Å². The molecule has 0 aliphatic heterocycles. The summed E-state index contributed by atoms with van der Waals surface area (Å²) in [4.78, 5) is 20.8. The van der Waals surface area contributed by atoms with Crippen molar-refractivity contribution in [1.82, 2.24) is 29.1 Å². The van der Waals surface area contributed by atoms with E-state index in [4.69, 9.17) is 19.9 Å². The molecule has 6 nitrogen and oxygen atoms in total. The van der Waals surface area contributed by atoms with Crippen LogP contribution in [-0.2, 0) is 0 Å².